The molecular weight excluding hydrogens is 268 g/mol. The third-order valence-electron chi connectivity index (χ3n) is 3.28. The average molecular weight is 281 g/mol. The van der Waals surface area contributed by atoms with Gasteiger partial charge in [-0.3, -0.25) is 9.59 Å². The van der Waals surface area contributed by atoms with Crippen molar-refractivity contribution in [2.75, 3.05) is 5.32 Å². The fraction of sp³-hybridized carbons (Fsp3) is 0.286. The number of allylic oxidation sites excluding steroid dienone is 2. The van der Waals surface area contributed by atoms with E-state index in [1.807, 2.05) is 0 Å². The second-order valence-electron chi connectivity index (χ2n) is 4.61. The topological polar surface area (TPSA) is 66.4 Å². The van der Waals surface area contributed by atoms with E-state index in [1.54, 1.807) is 12.2 Å². The predicted molar refractivity (Wildman–Crippen MR) is 68.0 cm³/mol. The number of halogens is 2. The first-order chi connectivity index (χ1) is 9.49. The summed E-state index contributed by atoms with van der Waals surface area (Å²) in [6.07, 6.45) is 3.98. The molecule has 0 unspecified atom stereocenters. The Balaban J connectivity index is 2.14. The lowest BCUT2D eigenvalue weighted by molar-refractivity contribution is -0.146. The molecule has 4 nitrogen and oxygen atoms in total. The first kappa shape index (κ1) is 14.2. The molecule has 1 aromatic rings. The lowest BCUT2D eigenvalue weighted by Crippen LogP contribution is -2.34. The molecule has 0 aromatic heterocycles. The number of carboxylic acids is 1. The average Bonchev–Trinajstić information content (AvgIpc) is 2.41. The molecule has 1 aliphatic rings. The molecule has 1 aliphatic carbocycles. The van der Waals surface area contributed by atoms with Crippen LogP contribution in [-0.4, -0.2) is 17.0 Å². The number of amides is 1. The Morgan fingerprint density at radius 1 is 1.15 bits per heavy atom. The summed E-state index contributed by atoms with van der Waals surface area (Å²) < 4.78 is 26.2. The molecule has 2 atom stereocenters. The standard InChI is InChI=1S/C14H13F2NO3/c15-8-5-6-12(11(16)7-8)17-13(18)9-3-1-2-4-10(9)14(19)20/h1-2,5-7,9-10H,3-4H2,(H,17,18)(H,19,20)/t9-,10-/m0/s1. The van der Waals surface area contributed by atoms with Crippen LogP contribution in [0.3, 0.4) is 0 Å². The van der Waals surface area contributed by atoms with Gasteiger partial charge >= 0.3 is 5.97 Å². The molecule has 0 saturated carbocycles. The van der Waals surface area contributed by atoms with Gasteiger partial charge in [0, 0.05) is 6.07 Å². The highest BCUT2D eigenvalue weighted by molar-refractivity contribution is 5.95. The molecule has 0 spiro atoms. The van der Waals surface area contributed by atoms with E-state index in [0.29, 0.717) is 6.07 Å². The van der Waals surface area contributed by atoms with Crippen LogP contribution < -0.4 is 5.32 Å². The number of hydrogen-bond acceptors (Lipinski definition) is 2. The Kier molecular flexibility index (Phi) is 4.12. The normalized spacial score (nSPS) is 21.5. The minimum absolute atomic E-state index is 0.157. The van der Waals surface area contributed by atoms with E-state index in [-0.39, 0.29) is 18.5 Å². The zero-order valence-electron chi connectivity index (χ0n) is 10.5. The van der Waals surface area contributed by atoms with E-state index in [9.17, 15) is 18.4 Å². The van der Waals surface area contributed by atoms with Crippen LogP contribution in [0.5, 0.6) is 0 Å². The number of aliphatic carboxylic acids is 1. The van der Waals surface area contributed by atoms with Crippen molar-refractivity contribution in [3.8, 4) is 0 Å². The maximum absolute atomic E-state index is 13.4. The molecule has 2 rings (SSSR count). The number of carbonyl (C=O) groups excluding carboxylic acids is 1. The Morgan fingerprint density at radius 3 is 2.40 bits per heavy atom. The van der Waals surface area contributed by atoms with Crippen molar-refractivity contribution in [2.24, 2.45) is 11.8 Å². The van der Waals surface area contributed by atoms with Crippen LogP contribution in [0.2, 0.25) is 0 Å². The third-order valence-corrected chi connectivity index (χ3v) is 3.28. The molecule has 0 saturated heterocycles. The fourth-order valence-electron chi connectivity index (χ4n) is 2.19. The Morgan fingerprint density at radius 2 is 1.80 bits per heavy atom. The molecular formula is C14H13F2NO3. The van der Waals surface area contributed by atoms with Gasteiger partial charge in [0.25, 0.3) is 0 Å². The van der Waals surface area contributed by atoms with E-state index in [0.717, 1.165) is 12.1 Å². The summed E-state index contributed by atoms with van der Waals surface area (Å²) in [5.41, 5.74) is -0.157. The summed E-state index contributed by atoms with van der Waals surface area (Å²) in [5, 5.41) is 11.4. The van der Waals surface area contributed by atoms with Crippen molar-refractivity contribution in [1.82, 2.24) is 0 Å². The van der Waals surface area contributed by atoms with Crippen LogP contribution in [0.25, 0.3) is 0 Å². The quantitative estimate of drug-likeness (QED) is 0.837. The molecule has 0 heterocycles. The second kappa shape index (κ2) is 5.81. The number of rotatable bonds is 3. The molecule has 0 radical (unpaired) electrons. The summed E-state index contributed by atoms with van der Waals surface area (Å²) in [4.78, 5) is 23.1. The Hall–Kier alpha value is -2.24. The maximum atomic E-state index is 13.4. The van der Waals surface area contributed by atoms with E-state index in [2.05, 4.69) is 5.32 Å². The number of hydrogen-bond donors (Lipinski definition) is 2. The first-order valence-corrected chi connectivity index (χ1v) is 6.12. The minimum Gasteiger partial charge on any atom is -0.481 e. The zero-order chi connectivity index (χ0) is 14.7. The van der Waals surface area contributed by atoms with E-state index in [1.165, 1.54) is 0 Å². The maximum Gasteiger partial charge on any atom is 0.307 e. The minimum atomic E-state index is -1.06. The van der Waals surface area contributed by atoms with Gasteiger partial charge in [-0.1, -0.05) is 12.2 Å². The molecule has 6 heteroatoms. The molecule has 106 valence electrons. The number of nitrogens with one attached hydrogen (secondary N) is 1. The van der Waals surface area contributed by atoms with Crippen molar-refractivity contribution in [3.05, 3.63) is 42.0 Å². The van der Waals surface area contributed by atoms with E-state index < -0.39 is 35.3 Å². The molecule has 0 fully saturated rings. The molecule has 0 aliphatic heterocycles. The van der Waals surface area contributed by atoms with Gasteiger partial charge in [0.05, 0.1) is 17.5 Å². The van der Waals surface area contributed by atoms with Gasteiger partial charge in [-0.2, -0.15) is 0 Å². The Bertz CT molecular complexity index is 572. The van der Waals surface area contributed by atoms with Gasteiger partial charge in [0.15, 0.2) is 0 Å². The summed E-state index contributed by atoms with van der Waals surface area (Å²) in [5.74, 6) is -4.87. The van der Waals surface area contributed by atoms with Gasteiger partial charge in [-0.15, -0.1) is 0 Å². The number of carboxylic acid groups (broad SMARTS) is 1. The monoisotopic (exact) mass is 281 g/mol. The van der Waals surface area contributed by atoms with Gasteiger partial charge < -0.3 is 10.4 Å². The smallest absolute Gasteiger partial charge is 0.307 e. The van der Waals surface area contributed by atoms with Crippen molar-refractivity contribution < 1.29 is 23.5 Å². The van der Waals surface area contributed by atoms with Crippen LogP contribution >= 0.6 is 0 Å². The van der Waals surface area contributed by atoms with Crippen molar-refractivity contribution in [2.45, 2.75) is 12.8 Å². The number of benzene rings is 1. The number of carbonyl (C=O) groups is 2. The Labute approximate surface area is 114 Å². The molecule has 1 aromatic carbocycles. The largest absolute Gasteiger partial charge is 0.481 e. The molecule has 20 heavy (non-hydrogen) atoms. The SMILES string of the molecule is O=C(O)[C@H]1CC=CC[C@@H]1C(=O)Nc1ccc(F)cc1F. The summed E-state index contributed by atoms with van der Waals surface area (Å²) in [6, 6.07) is 2.79. The van der Waals surface area contributed by atoms with Gasteiger partial charge in [-0.05, 0) is 25.0 Å². The fourth-order valence-corrected chi connectivity index (χ4v) is 2.19. The first-order valence-electron chi connectivity index (χ1n) is 6.12. The lowest BCUT2D eigenvalue weighted by Gasteiger charge is -2.24. The van der Waals surface area contributed by atoms with Crippen LogP contribution in [0.4, 0.5) is 14.5 Å². The highest BCUT2D eigenvalue weighted by Gasteiger charge is 2.34. The highest BCUT2D eigenvalue weighted by atomic mass is 19.1. The summed E-state index contributed by atoms with van der Waals surface area (Å²) in [6.45, 7) is 0. The number of anilines is 1. The molecule has 2 N–H and O–H groups in total. The zero-order valence-corrected chi connectivity index (χ0v) is 10.5. The van der Waals surface area contributed by atoms with E-state index in [4.69, 9.17) is 5.11 Å². The van der Waals surface area contributed by atoms with Crippen molar-refractivity contribution in [1.29, 1.82) is 0 Å². The molecule has 0 bridgehead atoms. The van der Waals surface area contributed by atoms with Crippen LogP contribution in [0.15, 0.2) is 30.4 Å². The van der Waals surface area contributed by atoms with Gasteiger partial charge in [-0.25, -0.2) is 8.78 Å². The van der Waals surface area contributed by atoms with E-state index >= 15 is 0 Å². The molecule has 1 amide bonds. The highest BCUT2D eigenvalue weighted by Crippen LogP contribution is 2.27. The third kappa shape index (κ3) is 3.01. The van der Waals surface area contributed by atoms with Crippen molar-refractivity contribution in [3.63, 3.8) is 0 Å². The van der Waals surface area contributed by atoms with Crippen molar-refractivity contribution >= 4 is 17.6 Å². The summed E-state index contributed by atoms with van der Waals surface area (Å²) in [7, 11) is 0. The van der Waals surface area contributed by atoms with Gasteiger partial charge in [0.1, 0.15) is 11.6 Å². The van der Waals surface area contributed by atoms with Gasteiger partial charge in [0.2, 0.25) is 5.91 Å². The van der Waals surface area contributed by atoms with Crippen LogP contribution in [0.1, 0.15) is 12.8 Å². The second-order valence-corrected chi connectivity index (χ2v) is 4.61. The predicted octanol–water partition coefficient (Wildman–Crippen LogP) is 2.57. The summed E-state index contributed by atoms with van der Waals surface area (Å²) >= 11 is 0. The van der Waals surface area contributed by atoms with Crippen LogP contribution in [0, 0.1) is 23.5 Å². The lowest BCUT2D eigenvalue weighted by atomic mass is 9.82. The van der Waals surface area contributed by atoms with Crippen LogP contribution in [-0.2, 0) is 9.59 Å².